The van der Waals surface area contributed by atoms with Gasteiger partial charge in [0.15, 0.2) is 11.6 Å². The number of halogens is 3. The first-order chi connectivity index (χ1) is 10.1. The first-order valence-corrected chi connectivity index (χ1v) is 7.59. The van der Waals surface area contributed by atoms with Gasteiger partial charge in [-0.15, -0.1) is 0 Å². The van der Waals surface area contributed by atoms with E-state index >= 15 is 0 Å². The van der Waals surface area contributed by atoms with E-state index in [2.05, 4.69) is 25.9 Å². The van der Waals surface area contributed by atoms with Gasteiger partial charge in [0.1, 0.15) is 6.33 Å². The van der Waals surface area contributed by atoms with Gasteiger partial charge in [-0.3, -0.25) is 0 Å². The highest BCUT2D eigenvalue weighted by atomic mass is 79.9. The summed E-state index contributed by atoms with van der Waals surface area (Å²) >= 11 is 3.13. The molecule has 0 atom stereocenters. The van der Waals surface area contributed by atoms with Gasteiger partial charge in [0.05, 0.1) is 5.69 Å². The Hall–Kier alpha value is -1.56. The zero-order chi connectivity index (χ0) is 14.8. The van der Waals surface area contributed by atoms with E-state index in [1.165, 1.54) is 12.4 Å². The molecular weight excluding hydrogens is 342 g/mol. The summed E-state index contributed by atoms with van der Waals surface area (Å²) in [5, 5.41) is 0. The topological polar surface area (TPSA) is 35.0 Å². The maximum absolute atomic E-state index is 13.8. The number of aromatic nitrogens is 2. The molecule has 0 amide bonds. The highest BCUT2D eigenvalue weighted by Crippen LogP contribution is 2.32. The summed E-state index contributed by atoms with van der Waals surface area (Å²) in [5.74, 6) is -1.83. The van der Waals surface area contributed by atoms with E-state index in [1.807, 2.05) is 0 Å². The summed E-state index contributed by atoms with van der Waals surface area (Å²) in [6.07, 6.45) is 6.28. The van der Waals surface area contributed by atoms with Gasteiger partial charge in [-0.05, 0) is 37.8 Å². The Morgan fingerprint density at radius 2 is 1.86 bits per heavy atom. The summed E-state index contributed by atoms with van der Waals surface area (Å²) in [7, 11) is 0. The highest BCUT2D eigenvalue weighted by Gasteiger charge is 2.18. The van der Waals surface area contributed by atoms with Crippen LogP contribution in [0, 0.1) is 11.6 Å². The van der Waals surface area contributed by atoms with Crippen molar-refractivity contribution < 1.29 is 13.5 Å². The lowest BCUT2D eigenvalue weighted by Gasteiger charge is -2.12. The van der Waals surface area contributed by atoms with Gasteiger partial charge in [-0.25, -0.2) is 14.4 Å². The number of nitrogens with zero attached hydrogens (tertiary/aromatic N) is 2. The Bertz CT molecular complexity index is 679. The number of rotatable bonds is 2. The molecule has 0 aliphatic heterocycles. The quantitative estimate of drug-likeness (QED) is 0.584. The molecule has 0 unspecified atom stereocenters. The van der Waals surface area contributed by atoms with Crippen molar-refractivity contribution in [1.82, 2.24) is 9.97 Å². The fourth-order valence-electron chi connectivity index (χ4n) is 2.47. The standard InChI is InChI=1S/C15H13BrF2N2O/c16-9-6-11(17)14(18)13(7-9)21-15-10-4-2-1-3-5-12(10)19-8-20-15/h6-8H,1-5H2. The molecule has 1 heterocycles. The van der Waals surface area contributed by atoms with Crippen LogP contribution in [0.15, 0.2) is 22.9 Å². The first-order valence-electron chi connectivity index (χ1n) is 6.80. The van der Waals surface area contributed by atoms with Crippen molar-refractivity contribution in [2.75, 3.05) is 0 Å². The summed E-state index contributed by atoms with van der Waals surface area (Å²) in [4.78, 5) is 8.36. The lowest BCUT2D eigenvalue weighted by Crippen LogP contribution is -2.02. The third-order valence-electron chi connectivity index (χ3n) is 3.50. The molecule has 1 aliphatic carbocycles. The Morgan fingerprint density at radius 3 is 2.71 bits per heavy atom. The maximum Gasteiger partial charge on any atom is 0.225 e. The van der Waals surface area contributed by atoms with E-state index in [-0.39, 0.29) is 5.75 Å². The fourth-order valence-corrected chi connectivity index (χ4v) is 2.88. The van der Waals surface area contributed by atoms with E-state index in [1.54, 1.807) is 0 Å². The second kappa shape index (κ2) is 6.05. The summed E-state index contributed by atoms with van der Waals surface area (Å²) in [5.41, 5.74) is 1.84. The second-order valence-electron chi connectivity index (χ2n) is 4.97. The molecule has 3 nitrogen and oxygen atoms in total. The van der Waals surface area contributed by atoms with Crippen LogP contribution in [0.1, 0.15) is 30.5 Å². The van der Waals surface area contributed by atoms with Crippen molar-refractivity contribution in [3.63, 3.8) is 0 Å². The first kappa shape index (κ1) is 14.4. The predicted octanol–water partition coefficient (Wildman–Crippen LogP) is 4.58. The van der Waals surface area contributed by atoms with Crippen LogP contribution in [0.4, 0.5) is 8.78 Å². The van der Waals surface area contributed by atoms with Gasteiger partial charge in [0.2, 0.25) is 11.7 Å². The summed E-state index contributed by atoms with van der Waals surface area (Å²) in [6, 6.07) is 2.45. The van der Waals surface area contributed by atoms with Crippen LogP contribution in [0.25, 0.3) is 0 Å². The van der Waals surface area contributed by atoms with E-state index in [0.717, 1.165) is 49.4 Å². The molecule has 1 aromatic carbocycles. The monoisotopic (exact) mass is 354 g/mol. The molecule has 0 saturated heterocycles. The number of benzene rings is 1. The molecular formula is C15H13BrF2N2O. The highest BCUT2D eigenvalue weighted by molar-refractivity contribution is 9.10. The Labute approximate surface area is 129 Å². The van der Waals surface area contributed by atoms with Crippen LogP contribution in [0.3, 0.4) is 0 Å². The smallest absolute Gasteiger partial charge is 0.225 e. The van der Waals surface area contributed by atoms with Crippen LogP contribution < -0.4 is 4.74 Å². The van der Waals surface area contributed by atoms with Crippen molar-refractivity contribution >= 4 is 15.9 Å². The fraction of sp³-hybridized carbons (Fsp3) is 0.333. The Kier molecular flexibility index (Phi) is 4.14. The Balaban J connectivity index is 1.99. The van der Waals surface area contributed by atoms with Crippen LogP contribution in [0.2, 0.25) is 0 Å². The molecule has 0 N–H and O–H groups in total. The molecule has 0 bridgehead atoms. The summed E-state index contributed by atoms with van der Waals surface area (Å²) < 4.78 is 33.2. The van der Waals surface area contributed by atoms with Crippen LogP contribution in [-0.4, -0.2) is 9.97 Å². The van der Waals surface area contributed by atoms with Gasteiger partial charge < -0.3 is 4.74 Å². The van der Waals surface area contributed by atoms with Gasteiger partial charge in [-0.1, -0.05) is 22.4 Å². The number of ether oxygens (including phenoxy) is 1. The molecule has 110 valence electrons. The number of hydrogen-bond acceptors (Lipinski definition) is 3. The lowest BCUT2D eigenvalue weighted by atomic mass is 10.1. The number of aryl methyl sites for hydroxylation is 1. The zero-order valence-corrected chi connectivity index (χ0v) is 12.8. The Morgan fingerprint density at radius 1 is 1.05 bits per heavy atom. The number of fused-ring (bicyclic) bond motifs is 1. The van der Waals surface area contributed by atoms with Gasteiger partial charge in [-0.2, -0.15) is 4.39 Å². The van der Waals surface area contributed by atoms with Gasteiger partial charge >= 0.3 is 0 Å². The average Bonchev–Trinajstić information content (AvgIpc) is 2.70. The molecule has 1 aromatic heterocycles. The third kappa shape index (κ3) is 3.05. The molecule has 2 aromatic rings. The average molecular weight is 355 g/mol. The second-order valence-corrected chi connectivity index (χ2v) is 5.88. The van der Waals surface area contributed by atoms with Gasteiger partial charge in [0.25, 0.3) is 0 Å². The predicted molar refractivity (Wildman–Crippen MR) is 77.4 cm³/mol. The van der Waals surface area contributed by atoms with E-state index in [9.17, 15) is 8.78 Å². The third-order valence-corrected chi connectivity index (χ3v) is 3.96. The minimum absolute atomic E-state index is 0.174. The molecule has 0 saturated carbocycles. The zero-order valence-electron chi connectivity index (χ0n) is 11.2. The van der Waals surface area contributed by atoms with E-state index in [0.29, 0.717) is 10.4 Å². The molecule has 0 fully saturated rings. The van der Waals surface area contributed by atoms with Crippen molar-refractivity contribution in [3.05, 3.63) is 45.8 Å². The maximum atomic E-state index is 13.8. The van der Waals surface area contributed by atoms with Crippen LogP contribution in [0.5, 0.6) is 11.6 Å². The van der Waals surface area contributed by atoms with Crippen molar-refractivity contribution in [3.8, 4) is 11.6 Å². The minimum atomic E-state index is -1.01. The normalized spacial score (nSPS) is 14.4. The minimum Gasteiger partial charge on any atom is -0.435 e. The van der Waals surface area contributed by atoms with E-state index < -0.39 is 11.6 Å². The molecule has 6 heteroatoms. The molecule has 0 spiro atoms. The largest absolute Gasteiger partial charge is 0.435 e. The van der Waals surface area contributed by atoms with Crippen molar-refractivity contribution in [2.24, 2.45) is 0 Å². The lowest BCUT2D eigenvalue weighted by molar-refractivity contribution is 0.399. The molecule has 1 aliphatic rings. The van der Waals surface area contributed by atoms with E-state index in [4.69, 9.17) is 4.74 Å². The van der Waals surface area contributed by atoms with Gasteiger partial charge in [0, 0.05) is 10.0 Å². The molecule has 3 rings (SSSR count). The van der Waals surface area contributed by atoms with Crippen LogP contribution in [-0.2, 0) is 12.8 Å². The molecule has 21 heavy (non-hydrogen) atoms. The number of hydrogen-bond donors (Lipinski definition) is 0. The molecule has 0 radical (unpaired) electrons. The SMILES string of the molecule is Fc1cc(Br)cc(Oc2ncnc3c2CCCCC3)c1F. The van der Waals surface area contributed by atoms with Crippen LogP contribution >= 0.6 is 15.9 Å². The summed E-state index contributed by atoms with van der Waals surface area (Å²) in [6.45, 7) is 0. The van der Waals surface area contributed by atoms with Crippen molar-refractivity contribution in [1.29, 1.82) is 0 Å². The van der Waals surface area contributed by atoms with Crippen molar-refractivity contribution in [2.45, 2.75) is 32.1 Å².